The van der Waals surface area contributed by atoms with Crippen LogP contribution in [0.25, 0.3) is 0 Å². The van der Waals surface area contributed by atoms with Crippen LogP contribution in [0.15, 0.2) is 103 Å². The number of ether oxygens (including phenoxy) is 2. The van der Waals surface area contributed by atoms with Gasteiger partial charge in [-0.2, -0.15) is 0 Å². The number of aryl methyl sites for hydroxylation is 1. The Bertz CT molecular complexity index is 1830. The van der Waals surface area contributed by atoms with E-state index in [1.165, 1.54) is 9.80 Å². The summed E-state index contributed by atoms with van der Waals surface area (Å²) < 4.78 is 12.3. The molecule has 0 saturated carbocycles. The third kappa shape index (κ3) is 5.81. The molecule has 0 aromatic heterocycles. The molecule has 7 rings (SSSR count). The lowest BCUT2D eigenvalue weighted by Crippen LogP contribution is -2.57. The van der Waals surface area contributed by atoms with E-state index >= 15 is 4.79 Å². The van der Waals surface area contributed by atoms with Crippen LogP contribution in [0.5, 0.6) is 0 Å². The SMILES string of the molecule is Cc1cccc(Cl)c1N1C/C=C\CCC(=O)OC[C@@H](c2ccccc2)NC(=O)[C@@H]2[C@@H]3C=C[C@]4(O3)[C@H](C1=O)N([C@H](CO)c1ccccc1)C(=O)[C@@H]24. The Hall–Kier alpha value is -4.77. The molecule has 50 heavy (non-hydrogen) atoms. The van der Waals surface area contributed by atoms with Crippen LogP contribution in [0.2, 0.25) is 5.02 Å². The van der Waals surface area contributed by atoms with Gasteiger partial charge in [0.2, 0.25) is 11.8 Å². The molecule has 1 spiro atoms. The van der Waals surface area contributed by atoms with Crippen molar-refractivity contribution in [3.8, 4) is 0 Å². The summed E-state index contributed by atoms with van der Waals surface area (Å²) >= 11 is 6.77. The van der Waals surface area contributed by atoms with Gasteiger partial charge in [-0.1, -0.05) is 109 Å². The zero-order valence-electron chi connectivity index (χ0n) is 27.5. The number of halogens is 1. The fraction of sp³-hybridized carbons (Fsp3) is 0.333. The number of likely N-dealkylation sites (tertiary alicyclic amines) is 1. The maximum atomic E-state index is 15.3. The Kier molecular flexibility index (Phi) is 9.34. The second kappa shape index (κ2) is 13.9. The summed E-state index contributed by atoms with van der Waals surface area (Å²) in [5.74, 6) is -3.95. The van der Waals surface area contributed by atoms with Crippen molar-refractivity contribution in [2.45, 2.75) is 49.6 Å². The number of rotatable bonds is 5. The number of carbonyl (C=O) groups is 4. The van der Waals surface area contributed by atoms with Gasteiger partial charge in [0.15, 0.2) is 0 Å². The average molecular weight is 696 g/mol. The van der Waals surface area contributed by atoms with Gasteiger partial charge in [-0.3, -0.25) is 19.2 Å². The van der Waals surface area contributed by atoms with Crippen LogP contribution in [0.4, 0.5) is 5.69 Å². The molecule has 4 aliphatic heterocycles. The number of cyclic esters (lactones) is 1. The van der Waals surface area contributed by atoms with Gasteiger partial charge in [-0.05, 0) is 36.1 Å². The van der Waals surface area contributed by atoms with Gasteiger partial charge in [-0.25, -0.2) is 0 Å². The Morgan fingerprint density at radius 1 is 0.960 bits per heavy atom. The number of hydrogen-bond acceptors (Lipinski definition) is 7. The molecule has 7 atom stereocenters. The molecule has 2 saturated heterocycles. The summed E-state index contributed by atoms with van der Waals surface area (Å²) in [6, 6.07) is 20.7. The lowest BCUT2D eigenvalue weighted by Gasteiger charge is -2.39. The van der Waals surface area contributed by atoms with E-state index in [1.807, 2.05) is 49.4 Å². The highest BCUT2D eigenvalue weighted by molar-refractivity contribution is 6.34. The monoisotopic (exact) mass is 695 g/mol. The van der Waals surface area contributed by atoms with Crippen molar-refractivity contribution in [3.05, 3.63) is 125 Å². The normalized spacial score (nSPS) is 29.5. The Labute approximate surface area is 295 Å². The Morgan fingerprint density at radius 3 is 2.42 bits per heavy atom. The molecule has 0 aliphatic carbocycles. The molecule has 3 aromatic rings. The van der Waals surface area contributed by atoms with Crippen molar-refractivity contribution < 1.29 is 33.8 Å². The van der Waals surface area contributed by atoms with Gasteiger partial charge >= 0.3 is 5.97 Å². The van der Waals surface area contributed by atoms with Gasteiger partial charge in [0.1, 0.15) is 18.2 Å². The van der Waals surface area contributed by atoms with E-state index in [0.717, 1.165) is 11.1 Å². The zero-order chi connectivity index (χ0) is 35.0. The first-order valence-electron chi connectivity index (χ1n) is 16.8. The molecule has 2 fully saturated rings. The molecule has 258 valence electrons. The van der Waals surface area contributed by atoms with Gasteiger partial charge in [-0.15, -0.1) is 0 Å². The van der Waals surface area contributed by atoms with Gasteiger partial charge in [0, 0.05) is 13.0 Å². The van der Waals surface area contributed by atoms with Crippen LogP contribution >= 0.6 is 11.6 Å². The smallest absolute Gasteiger partial charge is 0.306 e. The van der Waals surface area contributed by atoms with Crippen molar-refractivity contribution >= 4 is 41.0 Å². The number of benzene rings is 3. The van der Waals surface area contributed by atoms with E-state index in [4.69, 9.17) is 21.1 Å². The first kappa shape index (κ1) is 33.7. The molecule has 2 N–H and O–H groups in total. The van der Waals surface area contributed by atoms with E-state index in [1.54, 1.807) is 60.7 Å². The van der Waals surface area contributed by atoms with Crippen molar-refractivity contribution in [2.24, 2.45) is 11.8 Å². The summed E-state index contributed by atoms with van der Waals surface area (Å²) in [5, 5.41) is 14.3. The first-order valence-corrected chi connectivity index (χ1v) is 17.2. The number of amides is 3. The topological polar surface area (TPSA) is 125 Å². The predicted octanol–water partition coefficient (Wildman–Crippen LogP) is 4.62. The molecular weight excluding hydrogens is 658 g/mol. The first-order chi connectivity index (χ1) is 24.2. The molecule has 0 radical (unpaired) electrons. The molecule has 4 aliphatic rings. The number of esters is 1. The minimum absolute atomic E-state index is 0.0694. The number of aliphatic hydroxyl groups excluding tert-OH is 1. The number of nitrogens with one attached hydrogen (secondary N) is 1. The number of fused-ring (bicyclic) bond motifs is 2. The highest BCUT2D eigenvalue weighted by Crippen LogP contribution is 2.57. The molecule has 3 amide bonds. The number of hydrogen-bond donors (Lipinski definition) is 2. The maximum absolute atomic E-state index is 15.3. The van der Waals surface area contributed by atoms with Crippen LogP contribution in [-0.4, -0.2) is 71.2 Å². The minimum atomic E-state index is -1.51. The summed E-state index contributed by atoms with van der Waals surface area (Å²) in [6.07, 6.45) is 6.72. The number of aliphatic hydroxyl groups is 1. The minimum Gasteiger partial charge on any atom is -0.463 e. The lowest BCUT2D eigenvalue weighted by molar-refractivity contribution is -0.146. The number of allylic oxidation sites excluding steroid dienone is 1. The summed E-state index contributed by atoms with van der Waals surface area (Å²) in [6.45, 7) is 1.33. The number of nitrogens with zero attached hydrogens (tertiary/aromatic N) is 2. The number of para-hydroxylation sites is 1. The van der Waals surface area contributed by atoms with Gasteiger partial charge in [0.25, 0.3) is 5.91 Å². The van der Waals surface area contributed by atoms with Gasteiger partial charge in [0.05, 0.1) is 47.3 Å². The van der Waals surface area contributed by atoms with Crippen molar-refractivity contribution in [2.75, 3.05) is 24.7 Å². The van der Waals surface area contributed by atoms with E-state index in [2.05, 4.69) is 5.32 Å². The molecule has 4 heterocycles. The molecule has 5 bridgehead atoms. The van der Waals surface area contributed by atoms with Crippen LogP contribution in [0.3, 0.4) is 0 Å². The van der Waals surface area contributed by atoms with E-state index < -0.39 is 72.0 Å². The fourth-order valence-corrected chi connectivity index (χ4v) is 8.20. The van der Waals surface area contributed by atoms with Crippen molar-refractivity contribution in [1.82, 2.24) is 10.2 Å². The summed E-state index contributed by atoms with van der Waals surface area (Å²) in [5.41, 5.74) is 1.04. The summed E-state index contributed by atoms with van der Waals surface area (Å²) in [4.78, 5) is 60.3. The zero-order valence-corrected chi connectivity index (χ0v) is 28.2. The maximum Gasteiger partial charge on any atom is 0.306 e. The van der Waals surface area contributed by atoms with Crippen LogP contribution < -0.4 is 10.2 Å². The molecule has 3 aromatic carbocycles. The Balaban J connectivity index is 1.38. The van der Waals surface area contributed by atoms with Crippen LogP contribution in [0.1, 0.15) is 41.6 Å². The average Bonchev–Trinajstić information content (AvgIpc) is 3.77. The van der Waals surface area contributed by atoms with Crippen molar-refractivity contribution in [3.63, 3.8) is 0 Å². The second-order valence-electron chi connectivity index (χ2n) is 13.1. The quantitative estimate of drug-likeness (QED) is 0.295. The Morgan fingerprint density at radius 2 is 1.70 bits per heavy atom. The highest BCUT2D eigenvalue weighted by atomic mass is 35.5. The molecule has 0 unspecified atom stereocenters. The fourth-order valence-electron chi connectivity index (χ4n) is 7.88. The second-order valence-corrected chi connectivity index (χ2v) is 13.5. The van der Waals surface area contributed by atoms with E-state index in [0.29, 0.717) is 22.7 Å². The van der Waals surface area contributed by atoms with Crippen molar-refractivity contribution in [1.29, 1.82) is 0 Å². The third-order valence-corrected chi connectivity index (χ3v) is 10.5. The van der Waals surface area contributed by atoms with Crippen LogP contribution in [-0.2, 0) is 28.7 Å². The molecule has 11 heteroatoms. The molecule has 10 nitrogen and oxygen atoms in total. The number of anilines is 1. The van der Waals surface area contributed by atoms with E-state index in [9.17, 15) is 19.5 Å². The lowest BCUT2D eigenvalue weighted by atomic mass is 9.74. The third-order valence-electron chi connectivity index (χ3n) is 10.2. The summed E-state index contributed by atoms with van der Waals surface area (Å²) in [7, 11) is 0. The van der Waals surface area contributed by atoms with E-state index in [-0.39, 0.29) is 19.6 Å². The largest absolute Gasteiger partial charge is 0.463 e. The number of carbonyl (C=O) groups excluding carboxylic acids is 4. The standard InChI is InChI=1S/C39H38ClN3O7/c1-24-12-11-17-27(40)34(24)42-21-10-4-9-18-31(45)49-23-28(25-13-5-2-6-14-25)41-36(46)32-30-19-20-39(50-30)33(32)37(47)43(35(39)38(42)48)29(22-44)26-15-7-3-8-16-26/h2-8,10-17,19-20,28-30,32-33,35,44H,9,18,21-23H2,1H3,(H,41,46)/b10-4-/t28-,29+,30-,32+,33+,35-,39+/m0/s1. The van der Waals surface area contributed by atoms with Crippen LogP contribution in [0, 0.1) is 18.8 Å². The highest BCUT2D eigenvalue weighted by Gasteiger charge is 2.74. The molecular formula is C39H38ClN3O7. The van der Waals surface area contributed by atoms with Gasteiger partial charge < -0.3 is 29.7 Å². The predicted molar refractivity (Wildman–Crippen MR) is 186 cm³/mol.